The van der Waals surface area contributed by atoms with E-state index < -0.39 is 0 Å². The lowest BCUT2D eigenvalue weighted by atomic mass is 10.0. The van der Waals surface area contributed by atoms with Gasteiger partial charge in [-0.3, -0.25) is 10.1 Å². The van der Waals surface area contributed by atoms with Crippen molar-refractivity contribution < 1.29 is 4.92 Å². The van der Waals surface area contributed by atoms with Gasteiger partial charge in [-0.15, -0.1) is 0 Å². The van der Waals surface area contributed by atoms with Crippen LogP contribution >= 0.6 is 0 Å². The number of hydrogen-bond acceptors (Lipinski definition) is 5. The maximum Gasteiger partial charge on any atom is 0.311 e. The van der Waals surface area contributed by atoms with Crippen molar-refractivity contribution in [3.63, 3.8) is 0 Å². The molecule has 1 fully saturated rings. The predicted octanol–water partition coefficient (Wildman–Crippen LogP) is 1.47. The number of hydrogen-bond donors (Lipinski definition) is 1. The van der Waals surface area contributed by atoms with Crippen LogP contribution in [0, 0.1) is 23.0 Å². The molecule has 0 spiro atoms. The number of aryl methyl sites for hydroxylation is 1. The van der Waals surface area contributed by atoms with Crippen LogP contribution in [-0.4, -0.2) is 29.0 Å². The molecule has 0 saturated carbocycles. The van der Waals surface area contributed by atoms with E-state index in [1.807, 2.05) is 11.8 Å². The van der Waals surface area contributed by atoms with Gasteiger partial charge in [-0.2, -0.15) is 0 Å². The van der Waals surface area contributed by atoms with E-state index in [-0.39, 0.29) is 16.7 Å². The molecule has 2 unspecified atom stereocenters. The summed E-state index contributed by atoms with van der Waals surface area (Å²) in [6, 6.07) is 1.68. The molecule has 2 rings (SSSR count). The van der Waals surface area contributed by atoms with Gasteiger partial charge in [0.15, 0.2) is 0 Å². The smallest absolute Gasteiger partial charge is 0.311 e. The molecule has 0 aromatic carbocycles. The first-order chi connectivity index (χ1) is 8.49. The molecule has 1 aromatic heterocycles. The molecular weight excluding hydrogens is 232 g/mol. The molecule has 2 atom stereocenters. The maximum absolute atomic E-state index is 11.1. The molecule has 1 aliphatic rings. The molecular formula is C12H18N4O2. The number of nitro groups is 1. The Labute approximate surface area is 106 Å². The molecule has 6 heteroatoms. The molecule has 0 aliphatic carbocycles. The van der Waals surface area contributed by atoms with Crippen molar-refractivity contribution in [2.24, 2.45) is 11.7 Å². The van der Waals surface area contributed by atoms with E-state index in [0.29, 0.717) is 11.7 Å². The third-order valence-electron chi connectivity index (χ3n) is 3.45. The summed E-state index contributed by atoms with van der Waals surface area (Å²) < 4.78 is 0. The highest BCUT2D eigenvalue weighted by atomic mass is 16.6. The number of pyridine rings is 1. The molecule has 1 aromatic rings. The average molecular weight is 250 g/mol. The standard InChI is InChI=1S/C12H18N4O2/c1-8-5-11(16(17)18)12(14-6-8)15-4-3-10(7-15)9(2)13/h5-6,9-10H,3-4,7,13H2,1-2H3. The summed E-state index contributed by atoms with van der Waals surface area (Å²) in [5.41, 5.74) is 6.76. The number of anilines is 1. The first kappa shape index (κ1) is 12.8. The highest BCUT2D eigenvalue weighted by molar-refractivity contribution is 5.59. The second-order valence-corrected chi connectivity index (χ2v) is 4.97. The van der Waals surface area contributed by atoms with Crippen molar-refractivity contribution in [2.45, 2.75) is 26.3 Å². The largest absolute Gasteiger partial charge is 0.351 e. The fourth-order valence-corrected chi connectivity index (χ4v) is 2.33. The Morgan fingerprint density at radius 1 is 1.67 bits per heavy atom. The normalized spacial score (nSPS) is 21.1. The first-order valence-corrected chi connectivity index (χ1v) is 6.10. The Kier molecular flexibility index (Phi) is 3.47. The van der Waals surface area contributed by atoms with Gasteiger partial charge in [-0.05, 0) is 31.7 Å². The lowest BCUT2D eigenvalue weighted by Crippen LogP contribution is -2.30. The van der Waals surface area contributed by atoms with Gasteiger partial charge >= 0.3 is 5.69 Å². The van der Waals surface area contributed by atoms with Crippen LogP contribution in [0.1, 0.15) is 18.9 Å². The summed E-state index contributed by atoms with van der Waals surface area (Å²) in [5, 5.41) is 11.1. The Hall–Kier alpha value is -1.69. The maximum atomic E-state index is 11.1. The van der Waals surface area contributed by atoms with E-state index in [2.05, 4.69) is 4.98 Å². The zero-order chi connectivity index (χ0) is 13.3. The topological polar surface area (TPSA) is 85.3 Å². The molecule has 0 radical (unpaired) electrons. The van der Waals surface area contributed by atoms with E-state index in [4.69, 9.17) is 5.73 Å². The quantitative estimate of drug-likeness (QED) is 0.648. The van der Waals surface area contributed by atoms with Crippen molar-refractivity contribution in [1.29, 1.82) is 0 Å². The van der Waals surface area contributed by atoms with Crippen LogP contribution in [0.2, 0.25) is 0 Å². The number of aromatic nitrogens is 1. The van der Waals surface area contributed by atoms with E-state index in [0.717, 1.165) is 25.1 Å². The summed E-state index contributed by atoms with van der Waals surface area (Å²) in [4.78, 5) is 16.9. The lowest BCUT2D eigenvalue weighted by Gasteiger charge is -2.18. The van der Waals surface area contributed by atoms with Gasteiger partial charge in [0.2, 0.25) is 5.82 Å². The second kappa shape index (κ2) is 4.89. The zero-order valence-electron chi connectivity index (χ0n) is 10.7. The minimum Gasteiger partial charge on any atom is -0.351 e. The molecule has 98 valence electrons. The van der Waals surface area contributed by atoms with Gasteiger partial charge in [0.1, 0.15) is 0 Å². The second-order valence-electron chi connectivity index (χ2n) is 4.97. The van der Waals surface area contributed by atoms with Gasteiger partial charge in [-0.25, -0.2) is 4.98 Å². The summed E-state index contributed by atoms with van der Waals surface area (Å²) in [6.07, 6.45) is 2.63. The minimum atomic E-state index is -0.367. The van der Waals surface area contributed by atoms with E-state index in [9.17, 15) is 10.1 Å². The van der Waals surface area contributed by atoms with E-state index in [1.54, 1.807) is 19.2 Å². The Balaban J connectivity index is 2.27. The van der Waals surface area contributed by atoms with Crippen LogP contribution in [-0.2, 0) is 0 Å². The van der Waals surface area contributed by atoms with Gasteiger partial charge in [0, 0.05) is 31.4 Å². The van der Waals surface area contributed by atoms with Gasteiger partial charge in [0.25, 0.3) is 0 Å². The molecule has 2 heterocycles. The van der Waals surface area contributed by atoms with Crippen LogP contribution in [0.4, 0.5) is 11.5 Å². The van der Waals surface area contributed by atoms with Crippen LogP contribution in [0.3, 0.4) is 0 Å². The molecule has 18 heavy (non-hydrogen) atoms. The molecule has 2 N–H and O–H groups in total. The van der Waals surface area contributed by atoms with Gasteiger partial charge in [-0.1, -0.05) is 0 Å². The van der Waals surface area contributed by atoms with Crippen molar-refractivity contribution in [2.75, 3.05) is 18.0 Å². The third kappa shape index (κ3) is 2.43. The van der Waals surface area contributed by atoms with E-state index >= 15 is 0 Å². The van der Waals surface area contributed by atoms with Crippen LogP contribution in [0.15, 0.2) is 12.3 Å². The molecule has 0 bridgehead atoms. The number of nitrogens with zero attached hydrogens (tertiary/aromatic N) is 3. The molecule has 1 aliphatic heterocycles. The van der Waals surface area contributed by atoms with Crippen molar-refractivity contribution >= 4 is 11.5 Å². The fourth-order valence-electron chi connectivity index (χ4n) is 2.33. The summed E-state index contributed by atoms with van der Waals surface area (Å²) in [7, 11) is 0. The minimum absolute atomic E-state index is 0.0836. The van der Waals surface area contributed by atoms with Crippen LogP contribution in [0.5, 0.6) is 0 Å². The Morgan fingerprint density at radius 2 is 2.39 bits per heavy atom. The predicted molar refractivity (Wildman–Crippen MR) is 69.6 cm³/mol. The van der Waals surface area contributed by atoms with E-state index in [1.165, 1.54) is 0 Å². The average Bonchev–Trinajstić information content (AvgIpc) is 2.78. The highest BCUT2D eigenvalue weighted by Gasteiger charge is 2.30. The first-order valence-electron chi connectivity index (χ1n) is 6.10. The third-order valence-corrected chi connectivity index (χ3v) is 3.45. The number of nitrogens with two attached hydrogens (primary N) is 1. The van der Waals surface area contributed by atoms with Crippen molar-refractivity contribution in [3.05, 3.63) is 27.9 Å². The number of rotatable bonds is 3. The van der Waals surface area contributed by atoms with Crippen LogP contribution < -0.4 is 10.6 Å². The fraction of sp³-hybridized carbons (Fsp3) is 0.583. The van der Waals surface area contributed by atoms with Crippen LogP contribution in [0.25, 0.3) is 0 Å². The summed E-state index contributed by atoms with van der Waals surface area (Å²) in [5.74, 6) is 0.849. The van der Waals surface area contributed by atoms with Gasteiger partial charge in [0.05, 0.1) is 4.92 Å². The zero-order valence-corrected chi connectivity index (χ0v) is 10.7. The lowest BCUT2D eigenvalue weighted by molar-refractivity contribution is -0.384. The molecule has 1 saturated heterocycles. The summed E-state index contributed by atoms with van der Waals surface area (Å²) in [6.45, 7) is 5.31. The Bertz CT molecular complexity index is 461. The Morgan fingerprint density at radius 3 is 2.94 bits per heavy atom. The van der Waals surface area contributed by atoms with Crippen molar-refractivity contribution in [3.8, 4) is 0 Å². The van der Waals surface area contributed by atoms with Gasteiger partial charge < -0.3 is 10.6 Å². The summed E-state index contributed by atoms with van der Waals surface area (Å²) >= 11 is 0. The molecule has 6 nitrogen and oxygen atoms in total. The monoisotopic (exact) mass is 250 g/mol. The SMILES string of the molecule is Cc1cnc(N2CCC(C(C)N)C2)c([N+](=O)[O-])c1. The highest BCUT2D eigenvalue weighted by Crippen LogP contribution is 2.31. The molecule has 0 amide bonds. The van der Waals surface area contributed by atoms with Crippen molar-refractivity contribution in [1.82, 2.24) is 4.98 Å².